The normalized spacial score (nSPS) is 14.4. The lowest BCUT2D eigenvalue weighted by atomic mass is 9.94. The average Bonchev–Trinajstić information content (AvgIpc) is 3.02. The predicted octanol–water partition coefficient (Wildman–Crippen LogP) is 4.04. The minimum absolute atomic E-state index is 0.0692. The van der Waals surface area contributed by atoms with E-state index in [1.807, 2.05) is 19.1 Å². The van der Waals surface area contributed by atoms with Gasteiger partial charge in [-0.05, 0) is 24.6 Å². The van der Waals surface area contributed by atoms with Crippen LogP contribution in [0.25, 0.3) is 0 Å². The van der Waals surface area contributed by atoms with E-state index >= 15 is 0 Å². The number of ether oxygens (including phenoxy) is 2. The van der Waals surface area contributed by atoms with Gasteiger partial charge in [0, 0.05) is 18.4 Å². The fourth-order valence-electron chi connectivity index (χ4n) is 2.79. The number of hydrogen-bond acceptors (Lipinski definition) is 5. The van der Waals surface area contributed by atoms with E-state index in [0.717, 1.165) is 24.3 Å². The highest BCUT2D eigenvalue weighted by Crippen LogP contribution is 2.38. The second-order valence-electron chi connectivity index (χ2n) is 7.87. The molecule has 29 heavy (non-hydrogen) atoms. The molecule has 0 radical (unpaired) electrons. The van der Waals surface area contributed by atoms with E-state index in [2.05, 4.69) is 41.4 Å². The van der Waals surface area contributed by atoms with Gasteiger partial charge in [-0.15, -0.1) is 0 Å². The molecule has 158 valence electrons. The molecule has 2 N–H and O–H groups in total. The highest BCUT2D eigenvalue weighted by Gasteiger charge is 2.19. The molecular weight excluding hydrogens is 392 g/mol. The van der Waals surface area contributed by atoms with Gasteiger partial charge < -0.3 is 24.5 Å². The Balaban J connectivity index is 1.67. The Labute approximate surface area is 176 Å². The van der Waals surface area contributed by atoms with E-state index in [0.29, 0.717) is 54.7 Å². The van der Waals surface area contributed by atoms with Crippen LogP contribution in [0, 0.1) is 0 Å². The van der Waals surface area contributed by atoms with Crippen LogP contribution in [0.5, 0.6) is 11.5 Å². The summed E-state index contributed by atoms with van der Waals surface area (Å²) in [6, 6.07) is 3.80. The maximum atomic E-state index is 6.37. The van der Waals surface area contributed by atoms with Crippen molar-refractivity contribution < 1.29 is 13.9 Å². The topological polar surface area (TPSA) is 80.9 Å². The number of rotatable bonds is 5. The number of hydrogen-bond donors (Lipinski definition) is 2. The molecule has 1 aromatic carbocycles. The third-order valence-corrected chi connectivity index (χ3v) is 4.61. The Morgan fingerprint density at radius 2 is 2.00 bits per heavy atom. The monoisotopic (exact) mass is 420 g/mol. The number of guanidine groups is 1. The van der Waals surface area contributed by atoms with E-state index < -0.39 is 0 Å². The summed E-state index contributed by atoms with van der Waals surface area (Å²) in [6.07, 6.45) is 2.62. The second kappa shape index (κ2) is 9.39. The number of fused-ring (bicyclic) bond motifs is 1. The second-order valence-corrected chi connectivity index (χ2v) is 8.28. The number of oxazole rings is 1. The molecule has 0 saturated heterocycles. The summed E-state index contributed by atoms with van der Waals surface area (Å²) in [7, 11) is 0. The number of aliphatic imine (C=N–C) groups is 1. The molecule has 8 heteroatoms. The van der Waals surface area contributed by atoms with Gasteiger partial charge in [0.2, 0.25) is 5.89 Å². The minimum atomic E-state index is -0.0692. The smallest absolute Gasteiger partial charge is 0.213 e. The van der Waals surface area contributed by atoms with E-state index in [9.17, 15) is 0 Å². The summed E-state index contributed by atoms with van der Waals surface area (Å²) in [5.41, 5.74) is 0.878. The van der Waals surface area contributed by atoms with Gasteiger partial charge in [-0.2, -0.15) is 0 Å². The SMILES string of the molecule is CCNC(=NCc1cc(Cl)c2c(c1)OCCCO2)NCc1ncc(C(C)(C)C)o1. The lowest BCUT2D eigenvalue weighted by molar-refractivity contribution is 0.297. The Kier molecular flexibility index (Phi) is 6.90. The van der Waals surface area contributed by atoms with Crippen LogP contribution < -0.4 is 20.1 Å². The lowest BCUT2D eigenvalue weighted by Crippen LogP contribution is -2.36. The van der Waals surface area contributed by atoms with Gasteiger partial charge >= 0.3 is 0 Å². The zero-order valence-electron chi connectivity index (χ0n) is 17.5. The Morgan fingerprint density at radius 1 is 1.21 bits per heavy atom. The average molecular weight is 421 g/mol. The van der Waals surface area contributed by atoms with Crippen LogP contribution in [0.4, 0.5) is 0 Å². The van der Waals surface area contributed by atoms with Crippen LogP contribution >= 0.6 is 11.6 Å². The van der Waals surface area contributed by atoms with Gasteiger partial charge in [0.05, 0.1) is 37.5 Å². The highest BCUT2D eigenvalue weighted by atomic mass is 35.5. The molecular formula is C21H29ClN4O3. The number of halogens is 1. The van der Waals surface area contributed by atoms with Crippen molar-refractivity contribution in [2.45, 2.75) is 52.6 Å². The lowest BCUT2D eigenvalue weighted by Gasteiger charge is -2.13. The van der Waals surface area contributed by atoms with Crippen LogP contribution in [0.2, 0.25) is 5.02 Å². The summed E-state index contributed by atoms with van der Waals surface area (Å²) in [6.45, 7) is 11.2. The standard InChI is InChI=1S/C21H29ClN4O3/c1-5-23-20(26-13-18-24-12-17(29-18)21(2,3)4)25-11-14-9-15(22)19-16(10-14)27-7-6-8-28-19/h9-10,12H,5-8,11,13H2,1-4H3,(H2,23,25,26). The van der Waals surface area contributed by atoms with Crippen molar-refractivity contribution in [3.05, 3.63) is 40.6 Å². The molecule has 0 atom stereocenters. The molecule has 7 nitrogen and oxygen atoms in total. The molecule has 3 rings (SSSR count). The zero-order chi connectivity index (χ0) is 20.9. The first kappa shape index (κ1) is 21.3. The molecule has 2 aromatic rings. The highest BCUT2D eigenvalue weighted by molar-refractivity contribution is 6.32. The van der Waals surface area contributed by atoms with Gasteiger partial charge in [-0.3, -0.25) is 0 Å². The fraction of sp³-hybridized carbons (Fsp3) is 0.524. The van der Waals surface area contributed by atoms with Crippen molar-refractivity contribution in [2.75, 3.05) is 19.8 Å². The van der Waals surface area contributed by atoms with Crippen LogP contribution in [-0.4, -0.2) is 30.7 Å². The predicted molar refractivity (Wildman–Crippen MR) is 114 cm³/mol. The first-order valence-electron chi connectivity index (χ1n) is 9.92. The maximum absolute atomic E-state index is 6.37. The molecule has 0 bridgehead atoms. The molecule has 0 aliphatic carbocycles. The number of aromatic nitrogens is 1. The number of nitrogens with zero attached hydrogens (tertiary/aromatic N) is 2. The van der Waals surface area contributed by atoms with Crippen molar-refractivity contribution in [3.63, 3.8) is 0 Å². The molecule has 1 aliphatic heterocycles. The molecule has 0 saturated carbocycles. The van der Waals surface area contributed by atoms with Gasteiger partial charge in [0.15, 0.2) is 17.5 Å². The summed E-state index contributed by atoms with van der Waals surface area (Å²) in [5.74, 6) is 3.44. The maximum Gasteiger partial charge on any atom is 0.213 e. The van der Waals surface area contributed by atoms with E-state index in [1.54, 1.807) is 6.20 Å². The summed E-state index contributed by atoms with van der Waals surface area (Å²) >= 11 is 6.37. The van der Waals surface area contributed by atoms with Crippen molar-refractivity contribution in [3.8, 4) is 11.5 Å². The molecule has 0 unspecified atom stereocenters. The Hall–Kier alpha value is -2.41. The molecule has 2 heterocycles. The summed E-state index contributed by atoms with van der Waals surface area (Å²) in [5, 5.41) is 7.02. The van der Waals surface area contributed by atoms with Gasteiger partial charge in [0.1, 0.15) is 5.76 Å². The molecule has 1 aliphatic rings. The van der Waals surface area contributed by atoms with Gasteiger partial charge in [-0.1, -0.05) is 32.4 Å². The van der Waals surface area contributed by atoms with Crippen molar-refractivity contribution in [1.29, 1.82) is 0 Å². The van der Waals surface area contributed by atoms with E-state index in [-0.39, 0.29) is 5.41 Å². The van der Waals surface area contributed by atoms with E-state index in [4.69, 9.17) is 25.5 Å². The fourth-order valence-corrected chi connectivity index (χ4v) is 3.07. The number of benzene rings is 1. The van der Waals surface area contributed by atoms with Crippen molar-refractivity contribution in [2.24, 2.45) is 4.99 Å². The third-order valence-electron chi connectivity index (χ3n) is 4.33. The first-order chi connectivity index (χ1) is 13.9. The summed E-state index contributed by atoms with van der Waals surface area (Å²) in [4.78, 5) is 8.98. The third kappa shape index (κ3) is 5.79. The molecule has 0 fully saturated rings. The molecule has 1 aromatic heterocycles. The summed E-state index contributed by atoms with van der Waals surface area (Å²) < 4.78 is 17.3. The van der Waals surface area contributed by atoms with Crippen molar-refractivity contribution in [1.82, 2.24) is 15.6 Å². The van der Waals surface area contributed by atoms with Crippen LogP contribution in [0.3, 0.4) is 0 Å². The quantitative estimate of drug-likeness (QED) is 0.561. The zero-order valence-corrected chi connectivity index (χ0v) is 18.2. The largest absolute Gasteiger partial charge is 0.489 e. The Morgan fingerprint density at radius 3 is 2.72 bits per heavy atom. The van der Waals surface area contributed by atoms with Gasteiger partial charge in [0.25, 0.3) is 0 Å². The van der Waals surface area contributed by atoms with Crippen LogP contribution in [0.15, 0.2) is 27.7 Å². The van der Waals surface area contributed by atoms with Crippen molar-refractivity contribution >= 4 is 17.6 Å². The number of nitrogens with one attached hydrogen (secondary N) is 2. The van der Waals surface area contributed by atoms with Gasteiger partial charge in [-0.25, -0.2) is 9.98 Å². The Bertz CT molecular complexity index is 858. The molecule has 0 spiro atoms. The molecule has 0 amide bonds. The van der Waals surface area contributed by atoms with E-state index in [1.165, 1.54) is 0 Å². The van der Waals surface area contributed by atoms with Crippen LogP contribution in [0.1, 0.15) is 51.3 Å². The first-order valence-corrected chi connectivity index (χ1v) is 10.3. The minimum Gasteiger partial charge on any atom is -0.489 e. The van der Waals surface area contributed by atoms with Crippen LogP contribution in [-0.2, 0) is 18.5 Å².